The Morgan fingerprint density at radius 2 is 1.17 bits per heavy atom. The molecule has 2 nitrogen and oxygen atoms in total. The molecule has 1 fully saturated rings. The van der Waals surface area contributed by atoms with Gasteiger partial charge in [-0.15, -0.1) is 24.8 Å². The van der Waals surface area contributed by atoms with Gasteiger partial charge in [0.15, 0.2) is 0 Å². The second-order valence-electron chi connectivity index (χ2n) is 6.27. The number of nitrogens with one attached hydrogen (secondary N) is 1. The lowest BCUT2D eigenvalue weighted by Gasteiger charge is -2.38. The van der Waals surface area contributed by atoms with Gasteiger partial charge in [0.25, 0.3) is 0 Å². The minimum Gasteiger partial charge on any atom is -0.314 e. The summed E-state index contributed by atoms with van der Waals surface area (Å²) in [5.41, 5.74) is 5.06. The third kappa shape index (κ3) is 4.37. The molecular weight excluding hydrogens is 360 g/mol. The molecule has 1 aliphatic heterocycles. The number of halogens is 5. The van der Waals surface area contributed by atoms with E-state index in [1.165, 1.54) is 0 Å². The molecule has 1 saturated heterocycles. The summed E-state index contributed by atoms with van der Waals surface area (Å²) >= 11 is 0. The van der Waals surface area contributed by atoms with Crippen LogP contribution in [-0.2, 0) is 0 Å². The summed E-state index contributed by atoms with van der Waals surface area (Å²) in [4.78, 5) is 1.57. The van der Waals surface area contributed by atoms with Crippen molar-refractivity contribution in [3.05, 3.63) is 33.4 Å². The van der Waals surface area contributed by atoms with Gasteiger partial charge >= 0.3 is 6.18 Å². The molecule has 1 heterocycles. The lowest BCUT2D eigenvalue weighted by molar-refractivity contribution is -0.188. The number of hydrogen-bond donors (Lipinski definition) is 1. The molecule has 1 aromatic carbocycles. The number of rotatable bonds is 2. The molecule has 1 atom stereocenters. The molecule has 0 aromatic heterocycles. The molecule has 2 rings (SSSR count). The average Bonchev–Trinajstić information content (AvgIpc) is 2.47. The molecule has 1 aliphatic rings. The van der Waals surface area contributed by atoms with Crippen LogP contribution in [0.5, 0.6) is 0 Å². The van der Waals surface area contributed by atoms with Crippen LogP contribution in [0.2, 0.25) is 0 Å². The average molecular weight is 387 g/mol. The van der Waals surface area contributed by atoms with Crippen molar-refractivity contribution in [1.82, 2.24) is 10.2 Å². The molecule has 0 saturated carbocycles. The number of benzene rings is 1. The maximum absolute atomic E-state index is 13.9. The van der Waals surface area contributed by atoms with Crippen LogP contribution >= 0.6 is 24.8 Å². The van der Waals surface area contributed by atoms with Crippen molar-refractivity contribution in [3.63, 3.8) is 0 Å². The number of alkyl halides is 3. The fourth-order valence-electron chi connectivity index (χ4n) is 3.43. The smallest absolute Gasteiger partial charge is 0.314 e. The van der Waals surface area contributed by atoms with E-state index in [0.29, 0.717) is 31.7 Å². The summed E-state index contributed by atoms with van der Waals surface area (Å²) in [5.74, 6) is 0. The summed E-state index contributed by atoms with van der Waals surface area (Å²) < 4.78 is 41.6. The number of nitrogens with zero attached hydrogens (tertiary/aromatic N) is 1. The van der Waals surface area contributed by atoms with Crippen molar-refractivity contribution in [3.8, 4) is 0 Å². The van der Waals surface area contributed by atoms with E-state index >= 15 is 0 Å². The van der Waals surface area contributed by atoms with E-state index in [-0.39, 0.29) is 24.8 Å². The number of hydrogen-bond acceptors (Lipinski definition) is 2. The molecule has 7 heteroatoms. The van der Waals surface area contributed by atoms with Gasteiger partial charge in [-0.3, -0.25) is 4.90 Å². The van der Waals surface area contributed by atoms with Crippen LogP contribution in [0.15, 0.2) is 0 Å². The minimum absolute atomic E-state index is 0. The Balaban J connectivity index is 0.00000264. The normalized spacial score (nSPS) is 17.0. The standard InChI is InChI=1S/C17H25F3N2.2ClH/c1-10-11(2)13(4)15(14(5)12(10)3)16(17(18,19)20)22-8-6-21-7-9-22;;/h16,21H,6-9H2,1-5H3;2*1H/t16-;;/m0../s1. The molecule has 0 amide bonds. The highest BCUT2D eigenvalue weighted by atomic mass is 35.5. The first kappa shape index (κ1) is 23.5. The van der Waals surface area contributed by atoms with E-state index in [9.17, 15) is 13.2 Å². The van der Waals surface area contributed by atoms with Crippen molar-refractivity contribution in [2.24, 2.45) is 0 Å². The topological polar surface area (TPSA) is 15.3 Å². The van der Waals surface area contributed by atoms with E-state index in [0.717, 1.165) is 27.8 Å². The molecule has 0 radical (unpaired) electrons. The van der Waals surface area contributed by atoms with Gasteiger partial charge < -0.3 is 5.32 Å². The molecular formula is C17H27Cl2F3N2. The highest BCUT2D eigenvalue weighted by molar-refractivity contribution is 5.85. The minimum atomic E-state index is -4.26. The zero-order chi connectivity index (χ0) is 16.7. The summed E-state index contributed by atoms with van der Waals surface area (Å²) in [6.45, 7) is 11.5. The fourth-order valence-corrected chi connectivity index (χ4v) is 3.43. The van der Waals surface area contributed by atoms with E-state index in [1.54, 1.807) is 4.90 Å². The molecule has 0 spiro atoms. The van der Waals surface area contributed by atoms with Gasteiger partial charge in [0.1, 0.15) is 6.04 Å². The summed E-state index contributed by atoms with van der Waals surface area (Å²) in [5, 5.41) is 3.12. The van der Waals surface area contributed by atoms with Crippen LogP contribution in [-0.4, -0.2) is 37.3 Å². The second-order valence-corrected chi connectivity index (χ2v) is 6.27. The maximum atomic E-state index is 13.9. The van der Waals surface area contributed by atoms with Crippen LogP contribution in [0, 0.1) is 34.6 Å². The van der Waals surface area contributed by atoms with Gasteiger partial charge in [0.05, 0.1) is 0 Å². The lowest BCUT2D eigenvalue weighted by Crippen LogP contribution is -2.49. The SMILES string of the molecule is Cc1c(C)c(C)c([C@H](N2CCNCC2)C(F)(F)F)c(C)c1C.Cl.Cl. The monoisotopic (exact) mass is 386 g/mol. The second kappa shape index (κ2) is 8.75. The van der Waals surface area contributed by atoms with Crippen LogP contribution in [0.1, 0.15) is 39.4 Å². The zero-order valence-corrected chi connectivity index (χ0v) is 16.4. The van der Waals surface area contributed by atoms with Crippen LogP contribution < -0.4 is 5.32 Å². The van der Waals surface area contributed by atoms with Gasteiger partial charge in [-0.2, -0.15) is 13.2 Å². The predicted molar refractivity (Wildman–Crippen MR) is 97.9 cm³/mol. The van der Waals surface area contributed by atoms with Gasteiger partial charge in [0, 0.05) is 26.2 Å². The first-order valence-corrected chi connectivity index (χ1v) is 7.74. The molecule has 0 unspecified atom stereocenters. The van der Waals surface area contributed by atoms with Crippen LogP contribution in [0.3, 0.4) is 0 Å². The molecule has 1 aromatic rings. The van der Waals surface area contributed by atoms with Gasteiger partial charge in [0.2, 0.25) is 0 Å². The lowest BCUT2D eigenvalue weighted by atomic mass is 9.85. The molecule has 0 bridgehead atoms. The van der Waals surface area contributed by atoms with E-state index in [2.05, 4.69) is 5.32 Å². The largest absolute Gasteiger partial charge is 0.408 e. The molecule has 0 aliphatic carbocycles. The first-order chi connectivity index (χ1) is 10.2. The Morgan fingerprint density at radius 3 is 1.54 bits per heavy atom. The highest BCUT2D eigenvalue weighted by Gasteiger charge is 2.46. The van der Waals surface area contributed by atoms with E-state index < -0.39 is 12.2 Å². The zero-order valence-electron chi connectivity index (χ0n) is 14.8. The Kier molecular flexibility index (Phi) is 8.57. The van der Waals surface area contributed by atoms with Crippen molar-refractivity contribution in [2.75, 3.05) is 26.2 Å². The predicted octanol–water partition coefficient (Wildman–Crippen LogP) is 4.58. The first-order valence-electron chi connectivity index (χ1n) is 7.74. The van der Waals surface area contributed by atoms with E-state index in [1.807, 2.05) is 34.6 Å². The Morgan fingerprint density at radius 1 is 0.792 bits per heavy atom. The van der Waals surface area contributed by atoms with Crippen molar-refractivity contribution < 1.29 is 13.2 Å². The van der Waals surface area contributed by atoms with Crippen molar-refractivity contribution >= 4 is 24.8 Å². The van der Waals surface area contributed by atoms with Crippen molar-refractivity contribution in [1.29, 1.82) is 0 Å². The third-order valence-electron chi connectivity index (χ3n) is 5.16. The quantitative estimate of drug-likeness (QED) is 0.799. The van der Waals surface area contributed by atoms with Crippen molar-refractivity contribution in [2.45, 2.75) is 46.8 Å². The Hall–Kier alpha value is -0.490. The summed E-state index contributed by atoms with van der Waals surface area (Å²) in [7, 11) is 0. The summed E-state index contributed by atoms with van der Waals surface area (Å²) in [6.07, 6.45) is -4.26. The Bertz CT molecular complexity index is 539. The van der Waals surface area contributed by atoms with Crippen LogP contribution in [0.4, 0.5) is 13.2 Å². The third-order valence-corrected chi connectivity index (χ3v) is 5.16. The maximum Gasteiger partial charge on any atom is 0.408 e. The van der Waals surface area contributed by atoms with E-state index in [4.69, 9.17) is 0 Å². The Labute approximate surface area is 155 Å². The van der Waals surface area contributed by atoms with Gasteiger partial charge in [-0.1, -0.05) is 0 Å². The van der Waals surface area contributed by atoms with Gasteiger partial charge in [-0.05, 0) is 68.0 Å². The molecule has 140 valence electrons. The molecule has 24 heavy (non-hydrogen) atoms. The van der Waals surface area contributed by atoms with Gasteiger partial charge in [-0.25, -0.2) is 0 Å². The number of piperazine rings is 1. The fraction of sp³-hybridized carbons (Fsp3) is 0.647. The molecule has 1 N–H and O–H groups in total. The van der Waals surface area contributed by atoms with Crippen LogP contribution in [0.25, 0.3) is 0 Å². The summed E-state index contributed by atoms with van der Waals surface area (Å²) in [6, 6.07) is -1.51. The highest BCUT2D eigenvalue weighted by Crippen LogP contribution is 2.42.